The summed E-state index contributed by atoms with van der Waals surface area (Å²) >= 11 is 4.56. The summed E-state index contributed by atoms with van der Waals surface area (Å²) in [6.07, 6.45) is 1.72. The molecule has 1 atom stereocenters. The summed E-state index contributed by atoms with van der Waals surface area (Å²) < 4.78 is 13.0. The minimum atomic E-state index is -0.662. The highest BCUT2D eigenvalue weighted by molar-refractivity contribution is 9.10. The molecule has 1 aromatic heterocycles. The topological polar surface area (TPSA) is 90.1 Å². The molecule has 0 saturated carbocycles. The second kappa shape index (κ2) is 10.4. The Morgan fingerprint density at radius 1 is 1.28 bits per heavy atom. The summed E-state index contributed by atoms with van der Waals surface area (Å²) in [5.74, 6) is 0.130. The van der Waals surface area contributed by atoms with Crippen molar-refractivity contribution in [2.24, 2.45) is 4.99 Å². The van der Waals surface area contributed by atoms with Crippen molar-refractivity contribution in [3.63, 3.8) is 0 Å². The fraction of sp³-hybridized carbons (Fsp3) is 0.296. The summed E-state index contributed by atoms with van der Waals surface area (Å²) in [6, 6.07) is 10.6. The SMILES string of the molecule is CCOC(=O)C1=C(C)N=c2s/c(=C\c3cc(Br)c(O)c(OC)c3)c(=O)n2[C@H]1c1ccc(C(C)C)cc1. The fourth-order valence-corrected chi connectivity index (χ4v) is 5.66. The summed E-state index contributed by atoms with van der Waals surface area (Å²) in [5, 5.41) is 10.1. The Morgan fingerprint density at radius 3 is 2.58 bits per heavy atom. The molecule has 0 unspecified atom stereocenters. The zero-order valence-corrected chi connectivity index (χ0v) is 23.1. The van der Waals surface area contributed by atoms with Crippen LogP contribution in [0.5, 0.6) is 11.5 Å². The number of carbonyl (C=O) groups is 1. The number of fused-ring (bicyclic) bond motifs is 1. The number of ether oxygens (including phenoxy) is 2. The molecule has 1 N–H and O–H groups in total. The van der Waals surface area contributed by atoms with Gasteiger partial charge in [-0.2, -0.15) is 0 Å². The van der Waals surface area contributed by atoms with Gasteiger partial charge in [0.25, 0.3) is 5.56 Å². The van der Waals surface area contributed by atoms with E-state index >= 15 is 0 Å². The number of aromatic hydroxyl groups is 1. The molecule has 0 fully saturated rings. The van der Waals surface area contributed by atoms with E-state index in [0.29, 0.717) is 36.6 Å². The van der Waals surface area contributed by atoms with Crippen molar-refractivity contribution in [3.8, 4) is 11.5 Å². The molecule has 9 heteroatoms. The number of methoxy groups -OCH3 is 1. The van der Waals surface area contributed by atoms with Gasteiger partial charge in [-0.05, 0) is 70.6 Å². The number of allylic oxidation sites excluding steroid dienone is 1. The predicted octanol–water partition coefficient (Wildman–Crippen LogP) is 4.40. The van der Waals surface area contributed by atoms with Crippen LogP contribution in [0.25, 0.3) is 6.08 Å². The van der Waals surface area contributed by atoms with E-state index in [2.05, 4.69) is 34.8 Å². The molecule has 0 bridgehead atoms. The number of nitrogens with zero attached hydrogens (tertiary/aromatic N) is 2. The van der Waals surface area contributed by atoms with Gasteiger partial charge in [-0.15, -0.1) is 0 Å². The minimum Gasteiger partial charge on any atom is -0.503 e. The largest absolute Gasteiger partial charge is 0.503 e. The second-order valence-electron chi connectivity index (χ2n) is 8.68. The molecule has 4 rings (SSSR count). The molecule has 0 spiro atoms. The Kier molecular flexibility index (Phi) is 7.51. The van der Waals surface area contributed by atoms with Crippen molar-refractivity contribution in [1.29, 1.82) is 0 Å². The summed E-state index contributed by atoms with van der Waals surface area (Å²) in [5.41, 5.74) is 3.24. The van der Waals surface area contributed by atoms with Gasteiger partial charge in [-0.3, -0.25) is 9.36 Å². The van der Waals surface area contributed by atoms with Crippen LogP contribution in [0.3, 0.4) is 0 Å². The zero-order chi connectivity index (χ0) is 26.1. The number of halogens is 1. The lowest BCUT2D eigenvalue weighted by molar-refractivity contribution is -0.139. The Balaban J connectivity index is 1.94. The molecular weight excluding hydrogens is 544 g/mol. The Morgan fingerprint density at radius 2 is 1.97 bits per heavy atom. The number of hydrogen-bond donors (Lipinski definition) is 1. The summed E-state index contributed by atoms with van der Waals surface area (Å²) in [6.45, 7) is 7.96. The van der Waals surface area contributed by atoms with E-state index in [1.165, 1.54) is 18.4 Å². The van der Waals surface area contributed by atoms with Crippen molar-refractivity contribution in [2.45, 2.75) is 39.7 Å². The van der Waals surface area contributed by atoms with Crippen LogP contribution in [-0.4, -0.2) is 29.4 Å². The Hall–Kier alpha value is -3.17. The number of phenolic OH excluding ortho intramolecular Hbond substituents is 1. The van der Waals surface area contributed by atoms with E-state index in [0.717, 1.165) is 11.1 Å². The smallest absolute Gasteiger partial charge is 0.338 e. The van der Waals surface area contributed by atoms with Gasteiger partial charge in [0.15, 0.2) is 16.3 Å². The van der Waals surface area contributed by atoms with Crippen LogP contribution in [-0.2, 0) is 9.53 Å². The first kappa shape index (κ1) is 25.9. The highest BCUT2D eigenvalue weighted by atomic mass is 79.9. The molecule has 0 saturated heterocycles. The van der Waals surface area contributed by atoms with Gasteiger partial charge in [-0.25, -0.2) is 9.79 Å². The number of benzene rings is 2. The number of rotatable bonds is 6. The number of aromatic nitrogens is 1. The standard InChI is InChI=1S/C27H27BrN2O5S/c1-6-35-26(33)22-15(4)29-27-30(23(22)18-9-7-17(8-10-18)14(2)3)25(32)21(36-27)13-16-11-19(28)24(31)20(12-16)34-5/h7-14,23,31H,6H2,1-5H3/b21-13-/t23-/m0/s1. The number of thiazole rings is 1. The lowest BCUT2D eigenvalue weighted by atomic mass is 9.93. The Bertz CT molecular complexity index is 1530. The summed E-state index contributed by atoms with van der Waals surface area (Å²) in [4.78, 5) is 31.9. The van der Waals surface area contributed by atoms with E-state index in [-0.39, 0.29) is 23.7 Å². The molecular formula is C27H27BrN2O5S. The first-order valence-electron chi connectivity index (χ1n) is 11.5. The van der Waals surface area contributed by atoms with Crippen LogP contribution < -0.4 is 19.6 Å². The van der Waals surface area contributed by atoms with E-state index in [1.54, 1.807) is 36.6 Å². The van der Waals surface area contributed by atoms with Crippen molar-refractivity contribution < 1.29 is 19.4 Å². The van der Waals surface area contributed by atoms with Crippen molar-refractivity contribution in [3.05, 3.63) is 88.5 Å². The quantitative estimate of drug-likeness (QED) is 0.444. The molecule has 3 aromatic rings. The predicted molar refractivity (Wildman–Crippen MR) is 143 cm³/mol. The van der Waals surface area contributed by atoms with Gasteiger partial charge in [-0.1, -0.05) is 49.4 Å². The molecule has 188 valence electrons. The van der Waals surface area contributed by atoms with Gasteiger partial charge in [0.2, 0.25) is 0 Å². The first-order valence-corrected chi connectivity index (χ1v) is 13.1. The third-order valence-corrected chi connectivity index (χ3v) is 7.59. The van der Waals surface area contributed by atoms with Crippen LogP contribution in [0.15, 0.2) is 61.9 Å². The maximum absolute atomic E-state index is 13.7. The van der Waals surface area contributed by atoms with E-state index < -0.39 is 12.0 Å². The third-order valence-electron chi connectivity index (χ3n) is 6.00. The van der Waals surface area contributed by atoms with Gasteiger partial charge in [0, 0.05) is 0 Å². The summed E-state index contributed by atoms with van der Waals surface area (Å²) in [7, 11) is 1.46. The average Bonchev–Trinajstić information content (AvgIpc) is 3.14. The first-order chi connectivity index (χ1) is 17.2. The Labute approximate surface area is 221 Å². The van der Waals surface area contributed by atoms with Gasteiger partial charge < -0.3 is 14.6 Å². The van der Waals surface area contributed by atoms with Crippen LogP contribution in [0.2, 0.25) is 0 Å². The average molecular weight is 571 g/mol. The van der Waals surface area contributed by atoms with Gasteiger partial charge >= 0.3 is 5.97 Å². The van der Waals surface area contributed by atoms with Crippen molar-refractivity contribution in [2.75, 3.05) is 13.7 Å². The van der Waals surface area contributed by atoms with Crippen LogP contribution in [0.4, 0.5) is 0 Å². The highest BCUT2D eigenvalue weighted by Gasteiger charge is 2.33. The lowest BCUT2D eigenvalue weighted by Gasteiger charge is -2.25. The zero-order valence-electron chi connectivity index (χ0n) is 20.7. The number of hydrogen-bond acceptors (Lipinski definition) is 7. The number of esters is 1. The van der Waals surface area contributed by atoms with Gasteiger partial charge in [0.1, 0.15) is 0 Å². The molecule has 2 aromatic carbocycles. The molecule has 0 aliphatic carbocycles. The van der Waals surface area contributed by atoms with Gasteiger partial charge in [0.05, 0.1) is 40.0 Å². The molecule has 7 nitrogen and oxygen atoms in total. The van der Waals surface area contributed by atoms with E-state index in [1.807, 2.05) is 24.3 Å². The molecule has 0 radical (unpaired) electrons. The third kappa shape index (κ3) is 4.77. The van der Waals surface area contributed by atoms with Crippen LogP contribution in [0.1, 0.15) is 56.3 Å². The second-order valence-corrected chi connectivity index (χ2v) is 10.5. The normalized spacial score (nSPS) is 15.6. The highest BCUT2D eigenvalue weighted by Crippen LogP contribution is 2.35. The van der Waals surface area contributed by atoms with E-state index in [9.17, 15) is 14.7 Å². The molecule has 36 heavy (non-hydrogen) atoms. The van der Waals surface area contributed by atoms with Crippen LogP contribution >= 0.6 is 27.3 Å². The van der Waals surface area contributed by atoms with E-state index in [4.69, 9.17) is 9.47 Å². The number of carbonyl (C=O) groups excluding carboxylic acids is 1. The minimum absolute atomic E-state index is 0.0179. The van der Waals surface area contributed by atoms with Crippen molar-refractivity contribution >= 4 is 39.3 Å². The molecule has 0 amide bonds. The van der Waals surface area contributed by atoms with Crippen molar-refractivity contribution in [1.82, 2.24) is 4.57 Å². The monoisotopic (exact) mass is 570 g/mol. The number of phenols is 1. The molecule has 1 aliphatic rings. The maximum atomic E-state index is 13.7. The maximum Gasteiger partial charge on any atom is 0.338 e. The molecule has 1 aliphatic heterocycles. The van der Waals surface area contributed by atoms with Crippen LogP contribution in [0, 0.1) is 0 Å². The molecule has 2 heterocycles. The lowest BCUT2D eigenvalue weighted by Crippen LogP contribution is -2.39. The fourth-order valence-electron chi connectivity index (χ4n) is 4.15.